The Morgan fingerprint density at radius 1 is 1.67 bits per heavy atom. The summed E-state index contributed by atoms with van der Waals surface area (Å²) in [6.07, 6.45) is 2.30. The molecular weight excluding hydrogens is 192 g/mol. The first-order chi connectivity index (χ1) is 7.05. The maximum Gasteiger partial charge on any atom is 0.410 e. The molecule has 0 radical (unpaired) electrons. The van der Waals surface area contributed by atoms with Crippen LogP contribution in [0, 0.1) is 0 Å². The van der Waals surface area contributed by atoms with Gasteiger partial charge in [-0.05, 0) is 26.8 Å². The van der Waals surface area contributed by atoms with E-state index in [4.69, 9.17) is 4.74 Å². The highest BCUT2D eigenvalue weighted by molar-refractivity contribution is 5.67. The molecule has 1 fully saturated rings. The number of ether oxygens (including phenoxy) is 1. The second-order valence-corrected chi connectivity index (χ2v) is 4.45. The highest BCUT2D eigenvalue weighted by Gasteiger charge is 2.27. The number of rotatable bonds is 2. The molecule has 1 aliphatic rings. The third-order valence-corrected chi connectivity index (χ3v) is 2.38. The second-order valence-electron chi connectivity index (χ2n) is 4.45. The first-order valence-corrected chi connectivity index (χ1v) is 5.33. The number of hydrogen-bond donors (Lipinski definition) is 1. The molecule has 86 valence electrons. The lowest BCUT2D eigenvalue weighted by molar-refractivity contribution is 0.106. The van der Waals surface area contributed by atoms with Gasteiger partial charge in [0.05, 0.1) is 0 Å². The highest BCUT2D eigenvalue weighted by atomic mass is 16.6. The summed E-state index contributed by atoms with van der Waals surface area (Å²) >= 11 is 0. The zero-order valence-corrected chi connectivity index (χ0v) is 9.58. The van der Waals surface area contributed by atoms with E-state index in [0.717, 1.165) is 19.5 Å². The van der Waals surface area contributed by atoms with Gasteiger partial charge >= 0.3 is 6.09 Å². The van der Waals surface area contributed by atoms with Gasteiger partial charge < -0.3 is 15.0 Å². The zero-order valence-electron chi connectivity index (χ0n) is 9.58. The number of amides is 1. The van der Waals surface area contributed by atoms with E-state index in [2.05, 4.69) is 25.7 Å². The molecule has 1 amide bonds. The van der Waals surface area contributed by atoms with Crippen molar-refractivity contribution in [2.45, 2.75) is 25.8 Å². The average molecular weight is 212 g/mol. The summed E-state index contributed by atoms with van der Waals surface area (Å²) in [4.78, 5) is 13.4. The fourth-order valence-corrected chi connectivity index (χ4v) is 1.69. The van der Waals surface area contributed by atoms with E-state index in [0.29, 0.717) is 6.54 Å². The van der Waals surface area contributed by atoms with Crippen molar-refractivity contribution < 1.29 is 9.53 Å². The Hall–Kier alpha value is -1.03. The van der Waals surface area contributed by atoms with Gasteiger partial charge in [0.2, 0.25) is 0 Å². The molecule has 1 aliphatic heterocycles. The molecule has 0 bridgehead atoms. The van der Waals surface area contributed by atoms with Gasteiger partial charge in [-0.3, -0.25) is 0 Å². The fourth-order valence-electron chi connectivity index (χ4n) is 1.69. The predicted molar refractivity (Wildman–Crippen MR) is 59.8 cm³/mol. The summed E-state index contributed by atoms with van der Waals surface area (Å²) in [7, 11) is 0. The maximum absolute atomic E-state index is 11.6. The lowest BCUT2D eigenvalue weighted by Gasteiger charge is -2.29. The molecule has 0 aliphatic carbocycles. The molecule has 0 saturated carbocycles. The van der Waals surface area contributed by atoms with Gasteiger partial charge in [-0.25, -0.2) is 4.79 Å². The van der Waals surface area contributed by atoms with Crippen LogP contribution >= 0.6 is 0 Å². The van der Waals surface area contributed by atoms with Crippen LogP contribution in [0.1, 0.15) is 20.3 Å². The Bertz CT molecular complexity index is 239. The Morgan fingerprint density at radius 3 is 3.07 bits per heavy atom. The van der Waals surface area contributed by atoms with Crippen molar-refractivity contribution in [2.24, 2.45) is 0 Å². The van der Waals surface area contributed by atoms with Crippen LogP contribution in [-0.2, 0) is 4.74 Å². The van der Waals surface area contributed by atoms with Crippen molar-refractivity contribution >= 4 is 6.09 Å². The van der Waals surface area contributed by atoms with Crippen molar-refractivity contribution in [3.63, 3.8) is 0 Å². The van der Waals surface area contributed by atoms with Gasteiger partial charge in [0.1, 0.15) is 6.61 Å². The normalized spacial score (nSPS) is 20.5. The predicted octanol–water partition coefficient (Wildman–Crippen LogP) is 1.38. The maximum atomic E-state index is 11.6. The number of carbonyl (C=O) groups excluding carboxylic acids is 1. The van der Waals surface area contributed by atoms with Crippen molar-refractivity contribution in [1.29, 1.82) is 0 Å². The summed E-state index contributed by atoms with van der Waals surface area (Å²) in [6.45, 7) is 10.4. The van der Waals surface area contributed by atoms with Crippen LogP contribution in [0.2, 0.25) is 0 Å². The van der Waals surface area contributed by atoms with Crippen LogP contribution in [-0.4, -0.2) is 42.8 Å². The van der Waals surface area contributed by atoms with Crippen molar-refractivity contribution in [1.82, 2.24) is 10.2 Å². The van der Waals surface area contributed by atoms with Gasteiger partial charge in [0, 0.05) is 18.6 Å². The van der Waals surface area contributed by atoms with Crippen molar-refractivity contribution in [3.05, 3.63) is 12.7 Å². The molecule has 4 heteroatoms. The average Bonchev–Trinajstić information content (AvgIpc) is 2.35. The van der Waals surface area contributed by atoms with E-state index in [1.165, 1.54) is 0 Å². The van der Waals surface area contributed by atoms with E-state index in [9.17, 15) is 4.79 Å². The van der Waals surface area contributed by atoms with Gasteiger partial charge in [0.15, 0.2) is 0 Å². The molecule has 1 saturated heterocycles. The van der Waals surface area contributed by atoms with Crippen LogP contribution in [0.5, 0.6) is 0 Å². The molecule has 1 N–H and O–H groups in total. The molecule has 0 atom stereocenters. The molecular formula is C11H20N2O2. The minimum absolute atomic E-state index is 0.0380. The second kappa shape index (κ2) is 5.16. The monoisotopic (exact) mass is 212 g/mol. The summed E-state index contributed by atoms with van der Waals surface area (Å²) in [5, 5.41) is 3.39. The number of nitrogens with one attached hydrogen (secondary N) is 1. The Morgan fingerprint density at radius 2 is 2.40 bits per heavy atom. The first kappa shape index (κ1) is 12.0. The van der Waals surface area contributed by atoms with Crippen LogP contribution in [0.3, 0.4) is 0 Å². The van der Waals surface area contributed by atoms with E-state index in [1.54, 1.807) is 11.0 Å². The summed E-state index contributed by atoms with van der Waals surface area (Å²) in [5.41, 5.74) is -0.0380. The zero-order chi connectivity index (χ0) is 11.3. The molecule has 4 nitrogen and oxygen atoms in total. The van der Waals surface area contributed by atoms with E-state index < -0.39 is 0 Å². The summed E-state index contributed by atoms with van der Waals surface area (Å²) in [5.74, 6) is 0. The smallest absolute Gasteiger partial charge is 0.410 e. The molecule has 0 aromatic heterocycles. The van der Waals surface area contributed by atoms with Crippen LogP contribution in [0.4, 0.5) is 4.79 Å². The quantitative estimate of drug-likeness (QED) is 0.703. The van der Waals surface area contributed by atoms with Crippen LogP contribution < -0.4 is 5.32 Å². The third kappa shape index (κ3) is 3.91. The van der Waals surface area contributed by atoms with Gasteiger partial charge in [-0.15, -0.1) is 0 Å². The Kier molecular flexibility index (Phi) is 4.15. The molecule has 0 spiro atoms. The molecule has 1 heterocycles. The number of carbonyl (C=O) groups is 1. The Labute approximate surface area is 91.3 Å². The minimum atomic E-state index is -0.244. The molecule has 0 unspecified atom stereocenters. The highest BCUT2D eigenvalue weighted by Crippen LogP contribution is 2.11. The summed E-state index contributed by atoms with van der Waals surface area (Å²) in [6, 6.07) is 0. The SMILES string of the molecule is C=CCOC(=O)N1CCCNC(C)(C)C1. The molecule has 1 rings (SSSR count). The lowest BCUT2D eigenvalue weighted by atomic mass is 10.1. The van der Waals surface area contributed by atoms with Crippen molar-refractivity contribution in [2.75, 3.05) is 26.2 Å². The molecule has 0 aromatic rings. The van der Waals surface area contributed by atoms with Gasteiger partial charge in [-0.2, -0.15) is 0 Å². The van der Waals surface area contributed by atoms with Gasteiger partial charge in [-0.1, -0.05) is 12.7 Å². The van der Waals surface area contributed by atoms with Crippen molar-refractivity contribution in [3.8, 4) is 0 Å². The van der Waals surface area contributed by atoms with Crippen LogP contribution in [0.25, 0.3) is 0 Å². The summed E-state index contributed by atoms with van der Waals surface area (Å²) < 4.78 is 5.02. The fraction of sp³-hybridized carbons (Fsp3) is 0.727. The molecule has 0 aromatic carbocycles. The number of nitrogens with zero attached hydrogens (tertiary/aromatic N) is 1. The van der Waals surface area contributed by atoms with Crippen LogP contribution in [0.15, 0.2) is 12.7 Å². The Balaban J connectivity index is 2.51. The van der Waals surface area contributed by atoms with E-state index in [1.807, 2.05) is 0 Å². The lowest BCUT2D eigenvalue weighted by Crippen LogP contribution is -2.48. The van der Waals surface area contributed by atoms with E-state index >= 15 is 0 Å². The largest absolute Gasteiger partial charge is 0.445 e. The number of hydrogen-bond acceptors (Lipinski definition) is 3. The topological polar surface area (TPSA) is 41.6 Å². The first-order valence-electron chi connectivity index (χ1n) is 5.33. The van der Waals surface area contributed by atoms with Gasteiger partial charge in [0.25, 0.3) is 0 Å². The third-order valence-electron chi connectivity index (χ3n) is 2.38. The molecule has 15 heavy (non-hydrogen) atoms. The standard InChI is InChI=1S/C11H20N2O2/c1-4-8-15-10(14)13-7-5-6-12-11(2,3)9-13/h4,12H,1,5-9H2,2-3H3. The minimum Gasteiger partial charge on any atom is -0.445 e. The van der Waals surface area contributed by atoms with E-state index in [-0.39, 0.29) is 18.2 Å².